The summed E-state index contributed by atoms with van der Waals surface area (Å²) in [4.78, 5) is 13.6. The van der Waals surface area contributed by atoms with Gasteiger partial charge in [0, 0.05) is 17.6 Å². The third-order valence-corrected chi connectivity index (χ3v) is 2.54. The second kappa shape index (κ2) is 5.86. The van der Waals surface area contributed by atoms with E-state index in [2.05, 4.69) is 21.2 Å². The van der Waals surface area contributed by atoms with Crippen LogP contribution < -0.4 is 5.32 Å². The van der Waals surface area contributed by atoms with E-state index in [1.54, 1.807) is 12.1 Å². The van der Waals surface area contributed by atoms with Crippen molar-refractivity contribution < 1.29 is 9.90 Å². The summed E-state index contributed by atoms with van der Waals surface area (Å²) in [6.07, 6.45) is 0. The van der Waals surface area contributed by atoms with Crippen LogP contribution in [0, 0.1) is 0 Å². The normalized spacial score (nSPS) is 10.5. The van der Waals surface area contributed by atoms with Gasteiger partial charge in [0.2, 0.25) is 0 Å². The van der Waals surface area contributed by atoms with Crippen molar-refractivity contribution in [2.45, 2.75) is 0 Å². The molecule has 0 bridgehead atoms. The van der Waals surface area contributed by atoms with E-state index >= 15 is 0 Å². The molecule has 0 heterocycles. The van der Waals surface area contributed by atoms with E-state index in [9.17, 15) is 9.90 Å². The van der Waals surface area contributed by atoms with Gasteiger partial charge in [0.05, 0.1) is 5.56 Å². The molecule has 88 valence electrons. The number of aromatic hydroxyl groups is 1. The SMILES string of the molecule is CN(C)CCNC(=O)c1ccc(Br)cc1O. The Morgan fingerprint density at radius 2 is 2.19 bits per heavy atom. The van der Waals surface area contributed by atoms with Crippen LogP contribution in [0.3, 0.4) is 0 Å². The Morgan fingerprint density at radius 1 is 1.50 bits per heavy atom. The lowest BCUT2D eigenvalue weighted by atomic mass is 10.2. The maximum Gasteiger partial charge on any atom is 0.255 e. The van der Waals surface area contributed by atoms with Gasteiger partial charge in [0.25, 0.3) is 5.91 Å². The van der Waals surface area contributed by atoms with Crippen molar-refractivity contribution in [3.8, 4) is 5.75 Å². The fraction of sp³-hybridized carbons (Fsp3) is 0.364. The third-order valence-electron chi connectivity index (χ3n) is 2.05. The highest BCUT2D eigenvalue weighted by atomic mass is 79.9. The van der Waals surface area contributed by atoms with Gasteiger partial charge in [0.1, 0.15) is 5.75 Å². The number of phenolic OH excluding ortho intramolecular Hbond substituents is 1. The van der Waals surface area contributed by atoms with Crippen LogP contribution in [0.25, 0.3) is 0 Å². The van der Waals surface area contributed by atoms with E-state index < -0.39 is 0 Å². The van der Waals surface area contributed by atoms with Crippen molar-refractivity contribution in [3.05, 3.63) is 28.2 Å². The summed E-state index contributed by atoms with van der Waals surface area (Å²) in [6.45, 7) is 1.32. The highest BCUT2D eigenvalue weighted by Crippen LogP contribution is 2.21. The first-order valence-corrected chi connectivity index (χ1v) is 5.71. The van der Waals surface area contributed by atoms with Crippen molar-refractivity contribution >= 4 is 21.8 Å². The minimum absolute atomic E-state index is 0.0169. The molecule has 1 aromatic rings. The van der Waals surface area contributed by atoms with Crippen LogP contribution in [0.4, 0.5) is 0 Å². The van der Waals surface area contributed by atoms with Crippen molar-refractivity contribution in [1.82, 2.24) is 10.2 Å². The maximum atomic E-state index is 11.7. The van der Waals surface area contributed by atoms with Crippen molar-refractivity contribution in [2.75, 3.05) is 27.2 Å². The number of amides is 1. The van der Waals surface area contributed by atoms with Gasteiger partial charge >= 0.3 is 0 Å². The molecule has 0 aliphatic rings. The number of hydrogen-bond acceptors (Lipinski definition) is 3. The molecule has 0 aromatic heterocycles. The molecule has 0 aliphatic carbocycles. The number of halogens is 1. The summed E-state index contributed by atoms with van der Waals surface area (Å²) >= 11 is 3.22. The lowest BCUT2D eigenvalue weighted by Crippen LogP contribution is -2.31. The van der Waals surface area contributed by atoms with Gasteiger partial charge in [-0.05, 0) is 32.3 Å². The summed E-state index contributed by atoms with van der Waals surface area (Å²) in [5, 5.41) is 12.3. The number of nitrogens with one attached hydrogen (secondary N) is 1. The van der Waals surface area contributed by atoms with Gasteiger partial charge in [-0.1, -0.05) is 15.9 Å². The molecule has 1 amide bonds. The first kappa shape index (κ1) is 13.0. The van der Waals surface area contributed by atoms with E-state index in [-0.39, 0.29) is 11.7 Å². The van der Waals surface area contributed by atoms with Gasteiger partial charge < -0.3 is 15.3 Å². The zero-order valence-electron chi connectivity index (χ0n) is 9.33. The Bertz CT molecular complexity index is 380. The lowest BCUT2D eigenvalue weighted by Gasteiger charge is -2.11. The predicted octanol–water partition coefficient (Wildman–Crippen LogP) is 1.45. The number of carbonyl (C=O) groups excluding carboxylic acids is 1. The van der Waals surface area contributed by atoms with E-state index in [1.165, 1.54) is 6.07 Å². The monoisotopic (exact) mass is 286 g/mol. The minimum atomic E-state index is -0.258. The molecule has 1 rings (SSSR count). The van der Waals surface area contributed by atoms with Crippen molar-refractivity contribution in [3.63, 3.8) is 0 Å². The molecule has 0 aliphatic heterocycles. The number of likely N-dealkylation sites (N-methyl/N-ethyl adjacent to an activating group) is 1. The summed E-state index contributed by atoms with van der Waals surface area (Å²) in [6, 6.07) is 4.81. The molecule has 5 heteroatoms. The molecule has 4 nitrogen and oxygen atoms in total. The Hall–Kier alpha value is -1.07. The fourth-order valence-corrected chi connectivity index (χ4v) is 1.53. The number of rotatable bonds is 4. The van der Waals surface area contributed by atoms with Crippen LogP contribution in [0.15, 0.2) is 22.7 Å². The van der Waals surface area contributed by atoms with Crippen LogP contribution in [0.1, 0.15) is 10.4 Å². The minimum Gasteiger partial charge on any atom is -0.507 e. The molecule has 1 aromatic carbocycles. The maximum absolute atomic E-state index is 11.7. The van der Waals surface area contributed by atoms with Gasteiger partial charge in [0.15, 0.2) is 0 Å². The lowest BCUT2D eigenvalue weighted by molar-refractivity contribution is 0.0948. The average molecular weight is 287 g/mol. The van der Waals surface area contributed by atoms with Gasteiger partial charge in [-0.2, -0.15) is 0 Å². The molecule has 0 radical (unpaired) electrons. The Kier molecular flexibility index (Phi) is 4.76. The van der Waals surface area contributed by atoms with Gasteiger partial charge in [-0.15, -0.1) is 0 Å². The first-order valence-electron chi connectivity index (χ1n) is 4.92. The highest BCUT2D eigenvalue weighted by Gasteiger charge is 2.10. The molecule has 0 spiro atoms. The number of carbonyl (C=O) groups is 1. The van der Waals surface area contributed by atoms with Gasteiger partial charge in [-0.3, -0.25) is 4.79 Å². The van der Waals surface area contributed by atoms with Crippen molar-refractivity contribution in [2.24, 2.45) is 0 Å². The van der Waals surface area contributed by atoms with E-state index in [1.807, 2.05) is 19.0 Å². The van der Waals surface area contributed by atoms with Crippen LogP contribution in [0.5, 0.6) is 5.75 Å². The smallest absolute Gasteiger partial charge is 0.255 e. The second-order valence-corrected chi connectivity index (χ2v) is 4.64. The zero-order chi connectivity index (χ0) is 12.1. The zero-order valence-corrected chi connectivity index (χ0v) is 10.9. The Balaban J connectivity index is 2.59. The molecule has 16 heavy (non-hydrogen) atoms. The van der Waals surface area contributed by atoms with Crippen LogP contribution >= 0.6 is 15.9 Å². The number of hydrogen-bond donors (Lipinski definition) is 2. The van der Waals surface area contributed by atoms with E-state index in [0.717, 1.165) is 11.0 Å². The summed E-state index contributed by atoms with van der Waals surface area (Å²) in [5.74, 6) is -0.274. The summed E-state index contributed by atoms with van der Waals surface area (Å²) < 4.78 is 0.745. The first-order chi connectivity index (χ1) is 7.50. The molecule has 0 saturated carbocycles. The highest BCUT2D eigenvalue weighted by molar-refractivity contribution is 9.10. The Labute approximate surface area is 103 Å². The molecular weight excluding hydrogens is 272 g/mol. The van der Waals surface area contributed by atoms with Crippen LogP contribution in [0.2, 0.25) is 0 Å². The standard InChI is InChI=1S/C11H15BrN2O2/c1-14(2)6-5-13-11(16)9-4-3-8(12)7-10(9)15/h3-4,7,15H,5-6H2,1-2H3,(H,13,16). The summed E-state index contributed by atoms with van der Waals surface area (Å²) in [7, 11) is 3.87. The van der Waals surface area contributed by atoms with E-state index in [0.29, 0.717) is 12.1 Å². The molecule has 0 saturated heterocycles. The number of phenols is 1. The average Bonchev–Trinajstić information content (AvgIpc) is 2.16. The van der Waals surface area contributed by atoms with E-state index in [4.69, 9.17) is 0 Å². The van der Waals surface area contributed by atoms with Crippen molar-refractivity contribution in [1.29, 1.82) is 0 Å². The molecule has 0 fully saturated rings. The topological polar surface area (TPSA) is 52.6 Å². The summed E-state index contributed by atoms with van der Waals surface area (Å²) in [5.41, 5.74) is 0.293. The second-order valence-electron chi connectivity index (χ2n) is 3.72. The van der Waals surface area contributed by atoms with Crippen LogP contribution in [-0.2, 0) is 0 Å². The fourth-order valence-electron chi connectivity index (χ4n) is 1.19. The molecule has 0 unspecified atom stereocenters. The number of benzene rings is 1. The number of nitrogens with zero attached hydrogens (tertiary/aromatic N) is 1. The largest absolute Gasteiger partial charge is 0.507 e. The predicted molar refractivity (Wildman–Crippen MR) is 66.7 cm³/mol. The Morgan fingerprint density at radius 3 is 2.75 bits per heavy atom. The quantitative estimate of drug-likeness (QED) is 0.881. The van der Waals surface area contributed by atoms with Crippen LogP contribution in [-0.4, -0.2) is 43.1 Å². The van der Waals surface area contributed by atoms with Gasteiger partial charge in [-0.25, -0.2) is 0 Å². The molecule has 2 N–H and O–H groups in total. The molecular formula is C11H15BrN2O2. The third kappa shape index (κ3) is 3.83. The molecule has 0 atom stereocenters.